The number of carbonyl (C=O) groups is 1. The van der Waals surface area contributed by atoms with Crippen LogP contribution in [0, 0.1) is 12.7 Å². The number of rotatable bonds is 6. The molecule has 0 aromatic heterocycles. The van der Waals surface area contributed by atoms with Crippen molar-refractivity contribution in [2.45, 2.75) is 18.4 Å². The standard InChI is InChI=1S/C21H17Cl2FN2O3S/c1-13-3-2-4-16(9-13)26-21(27)15-6-8-19(24)20(11-15)30(28,29)25-12-14-5-7-17(22)18(23)10-14/h2-11,25H,12H2,1H3,(H,26,27). The quantitative estimate of drug-likeness (QED) is 0.525. The Balaban J connectivity index is 1.80. The molecule has 0 aliphatic carbocycles. The van der Waals surface area contributed by atoms with Gasteiger partial charge in [-0.3, -0.25) is 4.79 Å². The summed E-state index contributed by atoms with van der Waals surface area (Å²) in [5, 5.41) is 3.27. The predicted octanol–water partition coefficient (Wildman–Crippen LogP) is 5.17. The SMILES string of the molecule is Cc1cccc(NC(=O)c2ccc(F)c(S(=O)(=O)NCc3ccc(Cl)c(Cl)c3)c2)c1. The zero-order valence-electron chi connectivity index (χ0n) is 15.7. The summed E-state index contributed by atoms with van der Waals surface area (Å²) in [6.07, 6.45) is 0. The second-order valence-corrected chi connectivity index (χ2v) is 9.09. The molecule has 0 aliphatic rings. The molecule has 0 radical (unpaired) electrons. The lowest BCUT2D eigenvalue weighted by Gasteiger charge is -2.11. The van der Waals surface area contributed by atoms with Crippen molar-refractivity contribution in [1.29, 1.82) is 0 Å². The summed E-state index contributed by atoms with van der Waals surface area (Å²) in [5.41, 5.74) is 2.04. The minimum absolute atomic E-state index is 0.00724. The highest BCUT2D eigenvalue weighted by Gasteiger charge is 2.21. The van der Waals surface area contributed by atoms with Crippen LogP contribution in [-0.4, -0.2) is 14.3 Å². The van der Waals surface area contributed by atoms with Gasteiger partial charge < -0.3 is 5.32 Å². The number of benzene rings is 3. The summed E-state index contributed by atoms with van der Waals surface area (Å²) in [4.78, 5) is 11.9. The summed E-state index contributed by atoms with van der Waals surface area (Å²) in [6.45, 7) is 1.75. The molecule has 0 heterocycles. The van der Waals surface area contributed by atoms with Gasteiger partial charge in [-0.25, -0.2) is 17.5 Å². The van der Waals surface area contributed by atoms with Gasteiger partial charge >= 0.3 is 0 Å². The highest BCUT2D eigenvalue weighted by Crippen LogP contribution is 2.23. The zero-order chi connectivity index (χ0) is 21.9. The van der Waals surface area contributed by atoms with Gasteiger partial charge in [0.2, 0.25) is 10.0 Å². The van der Waals surface area contributed by atoms with Crippen molar-refractivity contribution in [3.05, 3.63) is 93.2 Å². The first-order valence-electron chi connectivity index (χ1n) is 8.77. The molecule has 0 aliphatic heterocycles. The van der Waals surface area contributed by atoms with Gasteiger partial charge in [0.1, 0.15) is 10.7 Å². The predicted molar refractivity (Wildman–Crippen MR) is 116 cm³/mol. The van der Waals surface area contributed by atoms with Gasteiger partial charge in [-0.05, 0) is 60.5 Å². The first-order valence-corrected chi connectivity index (χ1v) is 11.0. The maximum Gasteiger partial charge on any atom is 0.255 e. The molecule has 0 bridgehead atoms. The van der Waals surface area contributed by atoms with Gasteiger partial charge in [0.25, 0.3) is 5.91 Å². The first kappa shape index (κ1) is 22.2. The smallest absolute Gasteiger partial charge is 0.255 e. The van der Waals surface area contributed by atoms with Crippen molar-refractivity contribution < 1.29 is 17.6 Å². The van der Waals surface area contributed by atoms with Gasteiger partial charge in [-0.1, -0.05) is 41.4 Å². The van der Waals surface area contributed by atoms with E-state index in [1.807, 2.05) is 13.0 Å². The highest BCUT2D eigenvalue weighted by atomic mass is 35.5. The number of hydrogen-bond acceptors (Lipinski definition) is 3. The lowest BCUT2D eigenvalue weighted by Crippen LogP contribution is -2.25. The molecule has 3 aromatic carbocycles. The molecule has 0 saturated carbocycles. The van der Waals surface area contributed by atoms with Crippen LogP contribution in [0.1, 0.15) is 21.5 Å². The van der Waals surface area contributed by atoms with Crippen LogP contribution < -0.4 is 10.0 Å². The summed E-state index contributed by atoms with van der Waals surface area (Å²) < 4.78 is 41.8. The van der Waals surface area contributed by atoms with E-state index in [4.69, 9.17) is 23.2 Å². The van der Waals surface area contributed by atoms with Crippen LogP contribution in [-0.2, 0) is 16.6 Å². The number of sulfonamides is 1. The van der Waals surface area contributed by atoms with Crippen LogP contribution in [0.5, 0.6) is 0 Å². The number of nitrogens with one attached hydrogen (secondary N) is 2. The molecule has 5 nitrogen and oxygen atoms in total. The third-order valence-electron chi connectivity index (χ3n) is 4.21. The minimum Gasteiger partial charge on any atom is -0.322 e. The van der Waals surface area contributed by atoms with Gasteiger partial charge in [0, 0.05) is 17.8 Å². The van der Waals surface area contributed by atoms with E-state index in [0.717, 1.165) is 17.7 Å². The van der Waals surface area contributed by atoms with E-state index in [1.54, 1.807) is 24.3 Å². The third-order valence-corrected chi connectivity index (χ3v) is 6.36. The monoisotopic (exact) mass is 466 g/mol. The number of amides is 1. The maximum atomic E-state index is 14.3. The fourth-order valence-corrected chi connectivity index (χ4v) is 4.12. The number of carbonyl (C=O) groups excluding carboxylic acids is 1. The van der Waals surface area contributed by atoms with E-state index >= 15 is 0 Å². The maximum absolute atomic E-state index is 14.3. The molecule has 0 fully saturated rings. The fourth-order valence-electron chi connectivity index (χ4n) is 2.68. The summed E-state index contributed by atoms with van der Waals surface area (Å²) in [7, 11) is -4.23. The Morgan fingerprint density at radius 1 is 1.00 bits per heavy atom. The molecule has 3 rings (SSSR count). The molecule has 156 valence electrons. The molecule has 1 amide bonds. The Kier molecular flexibility index (Phi) is 6.77. The normalized spacial score (nSPS) is 11.3. The third kappa shape index (κ3) is 5.37. The number of anilines is 1. The number of hydrogen-bond donors (Lipinski definition) is 2. The Morgan fingerprint density at radius 3 is 2.47 bits per heavy atom. The molecule has 2 N–H and O–H groups in total. The molecular weight excluding hydrogens is 450 g/mol. The molecule has 0 atom stereocenters. The van der Waals surface area contributed by atoms with Crippen LogP contribution in [0.25, 0.3) is 0 Å². The Labute approximate surface area is 183 Å². The highest BCUT2D eigenvalue weighted by molar-refractivity contribution is 7.89. The van der Waals surface area contributed by atoms with Crippen molar-refractivity contribution in [3.8, 4) is 0 Å². The topological polar surface area (TPSA) is 75.3 Å². The summed E-state index contributed by atoms with van der Waals surface area (Å²) in [6, 6.07) is 14.9. The van der Waals surface area contributed by atoms with Crippen LogP contribution in [0.15, 0.2) is 65.6 Å². The first-order chi connectivity index (χ1) is 14.2. The molecule has 0 saturated heterocycles. The Hall–Kier alpha value is -2.45. The lowest BCUT2D eigenvalue weighted by atomic mass is 10.2. The fraction of sp³-hybridized carbons (Fsp3) is 0.0952. The van der Waals surface area contributed by atoms with E-state index in [9.17, 15) is 17.6 Å². The molecular formula is C21H17Cl2FN2O3S. The van der Waals surface area contributed by atoms with Crippen LogP contribution >= 0.6 is 23.2 Å². The molecule has 0 spiro atoms. The Bertz CT molecular complexity index is 1220. The minimum atomic E-state index is -4.23. The van der Waals surface area contributed by atoms with Gasteiger partial charge in [-0.15, -0.1) is 0 Å². The molecule has 30 heavy (non-hydrogen) atoms. The molecule has 3 aromatic rings. The molecule has 0 unspecified atom stereocenters. The number of aryl methyl sites for hydroxylation is 1. The molecule has 9 heteroatoms. The van der Waals surface area contributed by atoms with Gasteiger partial charge in [0.05, 0.1) is 10.0 Å². The number of halogens is 3. The van der Waals surface area contributed by atoms with Crippen LogP contribution in [0.4, 0.5) is 10.1 Å². The zero-order valence-corrected chi connectivity index (χ0v) is 18.1. The average Bonchev–Trinajstić information content (AvgIpc) is 2.69. The second-order valence-electron chi connectivity index (χ2n) is 6.54. The van der Waals surface area contributed by atoms with Crippen molar-refractivity contribution in [3.63, 3.8) is 0 Å². The largest absolute Gasteiger partial charge is 0.322 e. The van der Waals surface area contributed by atoms with E-state index in [2.05, 4.69) is 10.0 Å². The van der Waals surface area contributed by atoms with Crippen LogP contribution in [0.2, 0.25) is 10.0 Å². The second kappa shape index (κ2) is 9.14. The van der Waals surface area contributed by atoms with Crippen molar-refractivity contribution >= 4 is 44.8 Å². The van der Waals surface area contributed by atoms with Crippen LogP contribution in [0.3, 0.4) is 0 Å². The van der Waals surface area contributed by atoms with Gasteiger partial charge in [0.15, 0.2) is 0 Å². The van der Waals surface area contributed by atoms with Crippen molar-refractivity contribution in [2.75, 3.05) is 5.32 Å². The van der Waals surface area contributed by atoms with Crippen molar-refractivity contribution in [2.24, 2.45) is 0 Å². The van der Waals surface area contributed by atoms with E-state index in [-0.39, 0.29) is 17.1 Å². The average molecular weight is 467 g/mol. The van der Waals surface area contributed by atoms with E-state index in [1.165, 1.54) is 18.2 Å². The Morgan fingerprint density at radius 2 is 1.77 bits per heavy atom. The van der Waals surface area contributed by atoms with Crippen molar-refractivity contribution in [1.82, 2.24) is 4.72 Å². The lowest BCUT2D eigenvalue weighted by molar-refractivity contribution is 0.102. The summed E-state index contributed by atoms with van der Waals surface area (Å²) in [5.74, 6) is -1.52. The van der Waals surface area contributed by atoms with E-state index in [0.29, 0.717) is 16.3 Å². The summed E-state index contributed by atoms with van der Waals surface area (Å²) >= 11 is 11.8. The van der Waals surface area contributed by atoms with E-state index < -0.39 is 26.6 Å². The van der Waals surface area contributed by atoms with Gasteiger partial charge in [-0.2, -0.15) is 0 Å².